The highest BCUT2D eigenvalue weighted by atomic mass is 32.2. The van der Waals surface area contributed by atoms with Crippen LogP contribution in [0.3, 0.4) is 0 Å². The third-order valence-electron chi connectivity index (χ3n) is 4.08. The maximum Gasteiger partial charge on any atom is 0.322 e. The van der Waals surface area contributed by atoms with Gasteiger partial charge in [-0.3, -0.25) is 4.79 Å². The van der Waals surface area contributed by atoms with E-state index in [4.69, 9.17) is 9.84 Å². The Morgan fingerprint density at radius 2 is 2.05 bits per heavy atom. The fourth-order valence-electron chi connectivity index (χ4n) is 2.98. The van der Waals surface area contributed by atoms with Crippen LogP contribution in [-0.4, -0.2) is 55.6 Å². The van der Waals surface area contributed by atoms with Gasteiger partial charge in [0.05, 0.1) is 6.10 Å². The van der Waals surface area contributed by atoms with Crippen molar-refractivity contribution in [2.75, 3.05) is 13.7 Å². The van der Waals surface area contributed by atoms with Gasteiger partial charge in [0.15, 0.2) is 0 Å². The van der Waals surface area contributed by atoms with E-state index in [0.717, 1.165) is 23.6 Å². The molecule has 0 radical (unpaired) electrons. The zero-order valence-corrected chi connectivity index (χ0v) is 12.4. The Morgan fingerprint density at radius 1 is 1.30 bits per heavy atom. The van der Waals surface area contributed by atoms with Gasteiger partial charge in [0, 0.05) is 19.7 Å². The lowest BCUT2D eigenvalue weighted by molar-refractivity contribution is -0.142. The Kier molecular flexibility index (Phi) is 5.00. The Balaban J connectivity index is 2.03. The van der Waals surface area contributed by atoms with E-state index in [9.17, 15) is 13.2 Å². The van der Waals surface area contributed by atoms with Crippen molar-refractivity contribution in [1.29, 1.82) is 0 Å². The number of carboxylic acids is 1. The van der Waals surface area contributed by atoms with E-state index in [0.29, 0.717) is 19.3 Å². The van der Waals surface area contributed by atoms with Gasteiger partial charge in [-0.15, -0.1) is 0 Å². The fourth-order valence-corrected chi connectivity index (χ4v) is 4.65. The molecule has 0 aromatic carbocycles. The maximum absolute atomic E-state index is 12.4. The Labute approximate surface area is 119 Å². The number of hydrogen-bond donors (Lipinski definition) is 2. The van der Waals surface area contributed by atoms with E-state index in [1.165, 1.54) is 0 Å². The van der Waals surface area contributed by atoms with Gasteiger partial charge in [0.25, 0.3) is 10.2 Å². The molecule has 2 N–H and O–H groups in total. The van der Waals surface area contributed by atoms with Crippen LogP contribution in [-0.2, 0) is 19.7 Å². The van der Waals surface area contributed by atoms with Crippen molar-refractivity contribution in [2.45, 2.75) is 56.7 Å². The SMILES string of the molecule is COC1CCC(NS(=O)(=O)N2CCCCC2C(=O)O)C1. The molecule has 1 heterocycles. The molecule has 0 aromatic rings. The molecule has 2 aliphatic rings. The molecule has 3 unspecified atom stereocenters. The van der Waals surface area contributed by atoms with Gasteiger partial charge < -0.3 is 9.84 Å². The van der Waals surface area contributed by atoms with Gasteiger partial charge in [-0.2, -0.15) is 17.4 Å². The lowest BCUT2D eigenvalue weighted by Gasteiger charge is -2.32. The van der Waals surface area contributed by atoms with E-state index in [1.54, 1.807) is 7.11 Å². The molecule has 1 aliphatic heterocycles. The monoisotopic (exact) mass is 306 g/mol. The van der Waals surface area contributed by atoms with Crippen molar-refractivity contribution >= 4 is 16.2 Å². The second kappa shape index (κ2) is 6.38. The van der Waals surface area contributed by atoms with Crippen molar-refractivity contribution in [3.05, 3.63) is 0 Å². The number of carboxylic acid groups (broad SMARTS) is 1. The lowest BCUT2D eigenvalue weighted by atomic mass is 10.1. The lowest BCUT2D eigenvalue weighted by Crippen LogP contribution is -2.53. The molecule has 116 valence electrons. The minimum absolute atomic E-state index is 0.0827. The summed E-state index contributed by atoms with van der Waals surface area (Å²) < 4.78 is 33.7. The molecule has 0 amide bonds. The summed E-state index contributed by atoms with van der Waals surface area (Å²) in [6, 6.07) is -1.11. The Hall–Kier alpha value is -0.700. The number of ether oxygens (including phenoxy) is 1. The van der Waals surface area contributed by atoms with Gasteiger partial charge in [0.1, 0.15) is 6.04 Å². The van der Waals surface area contributed by atoms with Crippen molar-refractivity contribution < 1.29 is 23.1 Å². The van der Waals surface area contributed by atoms with Crippen LogP contribution in [0.2, 0.25) is 0 Å². The molecule has 0 aromatic heterocycles. The molecule has 7 nitrogen and oxygen atoms in total. The standard InChI is InChI=1S/C12H22N2O5S/c1-19-10-6-5-9(8-10)13-20(17,18)14-7-3-2-4-11(14)12(15)16/h9-11,13H,2-8H2,1H3,(H,15,16). The zero-order valence-electron chi connectivity index (χ0n) is 11.6. The number of hydrogen-bond acceptors (Lipinski definition) is 4. The van der Waals surface area contributed by atoms with Crippen LogP contribution in [0.15, 0.2) is 0 Å². The summed E-state index contributed by atoms with van der Waals surface area (Å²) in [6.45, 7) is 0.271. The molecule has 1 saturated carbocycles. The second-order valence-corrected chi connectivity index (χ2v) is 7.11. The molecule has 2 fully saturated rings. The number of methoxy groups -OCH3 is 1. The molecule has 0 spiro atoms. The summed E-state index contributed by atoms with van der Waals surface area (Å²) in [5, 5.41) is 9.16. The van der Waals surface area contributed by atoms with Gasteiger partial charge in [-0.05, 0) is 38.5 Å². The Bertz CT molecular complexity index is 453. The first-order chi connectivity index (χ1) is 9.44. The fraction of sp³-hybridized carbons (Fsp3) is 0.917. The quantitative estimate of drug-likeness (QED) is 0.763. The van der Waals surface area contributed by atoms with Gasteiger partial charge >= 0.3 is 5.97 Å². The molecular formula is C12H22N2O5S. The summed E-state index contributed by atoms with van der Waals surface area (Å²) in [4.78, 5) is 11.2. The van der Waals surface area contributed by atoms with E-state index in [1.807, 2.05) is 0 Å². The molecule has 3 atom stereocenters. The second-order valence-electron chi connectivity index (χ2n) is 5.45. The minimum atomic E-state index is -3.75. The minimum Gasteiger partial charge on any atom is -0.480 e. The van der Waals surface area contributed by atoms with E-state index in [2.05, 4.69) is 4.72 Å². The number of nitrogens with one attached hydrogen (secondary N) is 1. The molecule has 8 heteroatoms. The largest absolute Gasteiger partial charge is 0.480 e. The van der Waals surface area contributed by atoms with Crippen molar-refractivity contribution in [3.63, 3.8) is 0 Å². The first-order valence-corrected chi connectivity index (χ1v) is 8.42. The molecule has 2 rings (SSSR count). The average Bonchev–Trinajstić information content (AvgIpc) is 2.85. The summed E-state index contributed by atoms with van der Waals surface area (Å²) in [6.07, 6.45) is 4.10. The zero-order chi connectivity index (χ0) is 14.8. The topological polar surface area (TPSA) is 95.9 Å². The number of rotatable bonds is 5. The van der Waals surface area contributed by atoms with Crippen molar-refractivity contribution in [2.24, 2.45) is 0 Å². The van der Waals surface area contributed by atoms with E-state index >= 15 is 0 Å². The Morgan fingerprint density at radius 3 is 2.65 bits per heavy atom. The first-order valence-electron chi connectivity index (χ1n) is 6.98. The highest BCUT2D eigenvalue weighted by Gasteiger charge is 2.38. The smallest absolute Gasteiger partial charge is 0.322 e. The molecular weight excluding hydrogens is 284 g/mol. The number of piperidine rings is 1. The highest BCUT2D eigenvalue weighted by Crippen LogP contribution is 2.25. The van der Waals surface area contributed by atoms with Crippen LogP contribution in [0.25, 0.3) is 0 Å². The van der Waals surface area contributed by atoms with Crippen LogP contribution in [0.4, 0.5) is 0 Å². The van der Waals surface area contributed by atoms with Gasteiger partial charge in [-0.25, -0.2) is 0 Å². The van der Waals surface area contributed by atoms with Crippen LogP contribution in [0.5, 0.6) is 0 Å². The van der Waals surface area contributed by atoms with Crippen LogP contribution in [0, 0.1) is 0 Å². The predicted molar refractivity (Wildman–Crippen MR) is 72.5 cm³/mol. The van der Waals surface area contributed by atoms with E-state index in [-0.39, 0.29) is 18.7 Å². The third-order valence-corrected chi connectivity index (χ3v) is 5.77. The summed E-state index contributed by atoms with van der Waals surface area (Å²) in [5.74, 6) is -1.07. The summed E-state index contributed by atoms with van der Waals surface area (Å²) in [5.41, 5.74) is 0. The van der Waals surface area contributed by atoms with Gasteiger partial charge in [0.2, 0.25) is 0 Å². The highest BCUT2D eigenvalue weighted by molar-refractivity contribution is 7.87. The average molecular weight is 306 g/mol. The van der Waals surface area contributed by atoms with Gasteiger partial charge in [-0.1, -0.05) is 0 Å². The number of carbonyl (C=O) groups is 1. The van der Waals surface area contributed by atoms with Crippen molar-refractivity contribution in [3.8, 4) is 0 Å². The number of aliphatic carboxylic acids is 1. The normalized spacial score (nSPS) is 32.4. The van der Waals surface area contributed by atoms with Crippen LogP contribution in [0.1, 0.15) is 38.5 Å². The van der Waals surface area contributed by atoms with Crippen LogP contribution >= 0.6 is 0 Å². The summed E-state index contributed by atoms with van der Waals surface area (Å²) in [7, 11) is -2.13. The van der Waals surface area contributed by atoms with Crippen molar-refractivity contribution in [1.82, 2.24) is 9.03 Å². The van der Waals surface area contributed by atoms with E-state index < -0.39 is 22.2 Å². The van der Waals surface area contributed by atoms with Crippen LogP contribution < -0.4 is 4.72 Å². The number of nitrogens with zero attached hydrogens (tertiary/aromatic N) is 1. The first kappa shape index (κ1) is 15.7. The predicted octanol–water partition coefficient (Wildman–Crippen LogP) is 0.327. The third kappa shape index (κ3) is 3.49. The molecule has 1 aliphatic carbocycles. The molecule has 1 saturated heterocycles. The maximum atomic E-state index is 12.4. The molecule has 20 heavy (non-hydrogen) atoms. The molecule has 0 bridgehead atoms. The summed E-state index contributed by atoms with van der Waals surface area (Å²) >= 11 is 0.